The number of hydrogen-bond acceptors (Lipinski definition) is 3. The lowest BCUT2D eigenvalue weighted by Gasteiger charge is -2.32. The summed E-state index contributed by atoms with van der Waals surface area (Å²) in [5.74, 6) is 4.59. The summed E-state index contributed by atoms with van der Waals surface area (Å²) in [5.41, 5.74) is 11.8. The largest absolute Gasteiger partial charge is 0.457 e. The van der Waals surface area contributed by atoms with Gasteiger partial charge in [-0.1, -0.05) is 102 Å². The van der Waals surface area contributed by atoms with Gasteiger partial charge in [0.1, 0.15) is 17.3 Å². The van der Waals surface area contributed by atoms with E-state index in [9.17, 15) is 0 Å². The molecule has 8 rings (SSSR count). The SMILES string of the molecule is CC1=C[C@H](C)C[C@H](C)C1c1c(C)nn(-c2cc(Oc3ccc4c5ccccc5n(-c5cc(C(C)C)ccn5)c4c3)cc(C(C)C)c2)c1-c1ccccc1. The van der Waals surface area contributed by atoms with E-state index >= 15 is 0 Å². The van der Waals surface area contributed by atoms with E-state index in [-0.39, 0.29) is 0 Å². The van der Waals surface area contributed by atoms with Crippen molar-refractivity contribution >= 4 is 21.8 Å². The average molecular weight is 699 g/mol. The lowest BCUT2D eigenvalue weighted by Crippen LogP contribution is -2.20. The highest BCUT2D eigenvalue weighted by atomic mass is 16.5. The van der Waals surface area contributed by atoms with Gasteiger partial charge in [0, 0.05) is 46.1 Å². The Hall–Kier alpha value is -5.42. The number of hydrogen-bond donors (Lipinski definition) is 0. The average Bonchev–Trinajstić information content (AvgIpc) is 3.65. The molecule has 0 radical (unpaired) electrons. The molecular formula is C48H50N4O. The second-order valence-corrected chi connectivity index (χ2v) is 15.9. The van der Waals surface area contributed by atoms with E-state index in [0.29, 0.717) is 29.6 Å². The number of nitrogens with zero attached hydrogens (tertiary/aromatic N) is 4. The topological polar surface area (TPSA) is 44.9 Å². The zero-order valence-electron chi connectivity index (χ0n) is 32.3. The molecule has 3 heterocycles. The molecule has 3 atom stereocenters. The second-order valence-electron chi connectivity index (χ2n) is 15.9. The highest BCUT2D eigenvalue weighted by molar-refractivity contribution is 6.09. The number of aryl methyl sites for hydroxylation is 1. The summed E-state index contributed by atoms with van der Waals surface area (Å²) in [6.45, 7) is 18.1. The summed E-state index contributed by atoms with van der Waals surface area (Å²) in [7, 11) is 0. The Morgan fingerprint density at radius 2 is 1.45 bits per heavy atom. The van der Waals surface area contributed by atoms with Crippen LogP contribution >= 0.6 is 0 Å². The van der Waals surface area contributed by atoms with Gasteiger partial charge in [0.2, 0.25) is 0 Å². The van der Waals surface area contributed by atoms with Gasteiger partial charge < -0.3 is 4.74 Å². The van der Waals surface area contributed by atoms with Gasteiger partial charge in [0.25, 0.3) is 0 Å². The van der Waals surface area contributed by atoms with E-state index in [2.05, 4.69) is 174 Å². The summed E-state index contributed by atoms with van der Waals surface area (Å²) in [6.07, 6.45) is 5.56. The number of pyridine rings is 1. The maximum Gasteiger partial charge on any atom is 0.137 e. The molecule has 4 aromatic carbocycles. The number of aromatic nitrogens is 4. The minimum Gasteiger partial charge on any atom is -0.457 e. The van der Waals surface area contributed by atoms with Crippen molar-refractivity contribution in [3.05, 3.63) is 143 Å². The predicted octanol–water partition coefficient (Wildman–Crippen LogP) is 13.1. The van der Waals surface area contributed by atoms with Crippen LogP contribution in [0.1, 0.15) is 95.0 Å². The van der Waals surface area contributed by atoms with Gasteiger partial charge in [-0.25, -0.2) is 9.67 Å². The third-order valence-corrected chi connectivity index (χ3v) is 11.2. The molecule has 0 fully saturated rings. The molecule has 1 aliphatic carbocycles. The first kappa shape index (κ1) is 34.7. The Kier molecular flexibility index (Phi) is 9.06. The van der Waals surface area contributed by atoms with E-state index in [0.717, 1.165) is 45.4 Å². The van der Waals surface area contributed by atoms with Crippen LogP contribution in [0.5, 0.6) is 11.5 Å². The fourth-order valence-electron chi connectivity index (χ4n) is 8.71. The van der Waals surface area contributed by atoms with Crippen LogP contribution in [0.3, 0.4) is 0 Å². The molecule has 0 saturated heterocycles. The molecule has 268 valence electrons. The van der Waals surface area contributed by atoms with E-state index in [1.807, 2.05) is 6.20 Å². The normalized spacial score (nSPS) is 17.6. The zero-order valence-corrected chi connectivity index (χ0v) is 32.3. The van der Waals surface area contributed by atoms with Crippen LogP contribution in [0.15, 0.2) is 121 Å². The first-order valence-corrected chi connectivity index (χ1v) is 19.2. The fraction of sp³-hybridized carbons (Fsp3) is 0.292. The third-order valence-electron chi connectivity index (χ3n) is 11.2. The molecule has 0 N–H and O–H groups in total. The molecule has 3 aromatic heterocycles. The molecule has 5 heteroatoms. The number of fused-ring (bicyclic) bond motifs is 3. The lowest BCUT2D eigenvalue weighted by atomic mass is 9.72. The summed E-state index contributed by atoms with van der Waals surface area (Å²) in [6, 6.07) is 36.7. The van der Waals surface area contributed by atoms with Crippen LogP contribution in [0.2, 0.25) is 0 Å². The fourth-order valence-corrected chi connectivity index (χ4v) is 8.71. The van der Waals surface area contributed by atoms with Crippen LogP contribution in [-0.4, -0.2) is 19.3 Å². The first-order valence-electron chi connectivity index (χ1n) is 19.2. The standard InChI is InChI=1S/C48H50N4O/c1-29(2)36-20-21-49-45(26-36)51-43-17-13-12-16-41(43)42-19-18-39(28-44(42)51)53-40-25-37(30(3)4)24-38(27-40)52-48(35-14-10-9-11-15-35)47(34(8)50-52)46-32(6)22-31(5)23-33(46)7/h9-22,24-31,33,46H,23H2,1-8H3/t31-,33-,46?/m0/s1. The summed E-state index contributed by atoms with van der Waals surface area (Å²) in [5, 5.41) is 7.69. The molecule has 0 aliphatic heterocycles. The smallest absolute Gasteiger partial charge is 0.137 e. The van der Waals surface area contributed by atoms with Crippen LogP contribution in [-0.2, 0) is 0 Å². The molecule has 0 saturated carbocycles. The molecule has 1 unspecified atom stereocenters. The quantitative estimate of drug-likeness (QED) is 0.148. The van der Waals surface area contributed by atoms with Crippen molar-refractivity contribution in [3.63, 3.8) is 0 Å². The van der Waals surface area contributed by atoms with E-state index < -0.39 is 0 Å². The van der Waals surface area contributed by atoms with Gasteiger partial charge in [0.15, 0.2) is 0 Å². The minimum atomic E-state index is 0.294. The van der Waals surface area contributed by atoms with E-state index in [4.69, 9.17) is 14.8 Å². The van der Waals surface area contributed by atoms with E-state index in [1.165, 1.54) is 45.0 Å². The first-order chi connectivity index (χ1) is 25.6. The van der Waals surface area contributed by atoms with Gasteiger partial charge in [-0.3, -0.25) is 4.57 Å². The van der Waals surface area contributed by atoms with Gasteiger partial charge in [-0.15, -0.1) is 0 Å². The van der Waals surface area contributed by atoms with Gasteiger partial charge in [0.05, 0.1) is 28.1 Å². The molecule has 1 aliphatic rings. The molecule has 7 aromatic rings. The highest BCUT2D eigenvalue weighted by Crippen LogP contribution is 2.46. The van der Waals surface area contributed by atoms with Crippen LogP contribution < -0.4 is 4.74 Å². The molecular weight excluding hydrogens is 649 g/mol. The predicted molar refractivity (Wildman–Crippen MR) is 220 cm³/mol. The number of ether oxygens (including phenoxy) is 1. The Labute approximate surface area is 314 Å². The molecule has 0 amide bonds. The maximum absolute atomic E-state index is 6.85. The van der Waals surface area contributed by atoms with Gasteiger partial charge in [-0.2, -0.15) is 5.10 Å². The highest BCUT2D eigenvalue weighted by Gasteiger charge is 2.33. The molecule has 0 spiro atoms. The summed E-state index contributed by atoms with van der Waals surface area (Å²) in [4.78, 5) is 4.85. The Morgan fingerprint density at radius 1 is 0.717 bits per heavy atom. The monoisotopic (exact) mass is 698 g/mol. The van der Waals surface area contributed by atoms with Crippen molar-refractivity contribution in [2.24, 2.45) is 11.8 Å². The number of allylic oxidation sites excluding steroid dienone is 2. The minimum absolute atomic E-state index is 0.294. The van der Waals surface area contributed by atoms with Crippen molar-refractivity contribution in [1.29, 1.82) is 0 Å². The zero-order chi connectivity index (χ0) is 37.0. The number of rotatable bonds is 8. The van der Waals surface area contributed by atoms with Crippen molar-refractivity contribution in [2.45, 2.75) is 79.6 Å². The van der Waals surface area contributed by atoms with Crippen molar-refractivity contribution in [3.8, 4) is 34.3 Å². The van der Waals surface area contributed by atoms with Gasteiger partial charge >= 0.3 is 0 Å². The van der Waals surface area contributed by atoms with Crippen LogP contribution in [0.25, 0.3) is 44.6 Å². The van der Waals surface area contributed by atoms with Crippen molar-refractivity contribution < 1.29 is 4.74 Å². The third kappa shape index (κ3) is 6.37. The summed E-state index contributed by atoms with van der Waals surface area (Å²) < 4.78 is 11.3. The van der Waals surface area contributed by atoms with Crippen molar-refractivity contribution in [1.82, 2.24) is 19.3 Å². The molecule has 0 bridgehead atoms. The lowest BCUT2D eigenvalue weighted by molar-refractivity contribution is 0.391. The van der Waals surface area contributed by atoms with Crippen LogP contribution in [0.4, 0.5) is 0 Å². The Bertz CT molecular complexity index is 2480. The van der Waals surface area contributed by atoms with Crippen LogP contribution in [0, 0.1) is 18.8 Å². The molecule has 5 nitrogen and oxygen atoms in total. The van der Waals surface area contributed by atoms with Gasteiger partial charge in [-0.05, 0) is 97.5 Å². The second kappa shape index (κ2) is 13.9. The number of para-hydroxylation sites is 1. The molecule has 53 heavy (non-hydrogen) atoms. The Morgan fingerprint density at radius 3 is 2.21 bits per heavy atom. The number of benzene rings is 4. The van der Waals surface area contributed by atoms with E-state index in [1.54, 1.807) is 0 Å². The van der Waals surface area contributed by atoms with Crippen molar-refractivity contribution in [2.75, 3.05) is 0 Å². The summed E-state index contributed by atoms with van der Waals surface area (Å²) >= 11 is 0. The Balaban J connectivity index is 1.27. The maximum atomic E-state index is 6.85.